The molecule has 0 aromatic heterocycles. The minimum Gasteiger partial charge on any atom is -0.376 e. The van der Waals surface area contributed by atoms with Gasteiger partial charge in [0, 0.05) is 0 Å². The zero-order valence-electron chi connectivity index (χ0n) is 9.08. The Morgan fingerprint density at radius 1 is 1.15 bits per heavy atom. The molecule has 13 heavy (non-hydrogen) atoms. The minimum absolute atomic E-state index is 0.290. The molecule has 0 aliphatic heterocycles. The van der Waals surface area contributed by atoms with Crippen LogP contribution in [-0.2, 0) is 9.47 Å². The largest absolute Gasteiger partial charge is 0.376 e. The quantitative estimate of drug-likeness (QED) is 0.589. The van der Waals surface area contributed by atoms with E-state index in [1.54, 1.807) is 0 Å². The smallest absolute Gasteiger partial charge is 0.0704 e. The monoisotopic (exact) mass is 189 g/mol. The maximum atomic E-state index is 5.58. The van der Waals surface area contributed by atoms with Crippen LogP contribution in [0.4, 0.5) is 0 Å². The first-order chi connectivity index (χ1) is 6.20. The third kappa shape index (κ3) is 8.22. The average Bonchev–Trinajstić information content (AvgIpc) is 2.10. The third-order valence-corrected chi connectivity index (χ3v) is 1.83. The van der Waals surface area contributed by atoms with E-state index >= 15 is 0 Å². The SMILES string of the molecule is CCC(CCN)OCCOC(C)C. The first-order valence-corrected chi connectivity index (χ1v) is 5.14. The molecule has 0 spiro atoms. The van der Waals surface area contributed by atoms with Crippen molar-refractivity contribution < 1.29 is 9.47 Å². The summed E-state index contributed by atoms with van der Waals surface area (Å²) >= 11 is 0. The lowest BCUT2D eigenvalue weighted by Gasteiger charge is -2.15. The van der Waals surface area contributed by atoms with Gasteiger partial charge in [0.1, 0.15) is 0 Å². The van der Waals surface area contributed by atoms with Crippen LogP contribution in [-0.4, -0.2) is 32.0 Å². The highest BCUT2D eigenvalue weighted by molar-refractivity contribution is 4.55. The molecule has 0 aliphatic carbocycles. The zero-order valence-corrected chi connectivity index (χ0v) is 9.08. The molecule has 0 amide bonds. The summed E-state index contributed by atoms with van der Waals surface area (Å²) in [5.74, 6) is 0. The molecule has 0 aromatic rings. The lowest BCUT2D eigenvalue weighted by atomic mass is 10.2. The second-order valence-electron chi connectivity index (χ2n) is 3.40. The molecule has 1 unspecified atom stereocenters. The molecule has 3 nitrogen and oxygen atoms in total. The van der Waals surface area contributed by atoms with E-state index in [0.717, 1.165) is 12.8 Å². The lowest BCUT2D eigenvalue weighted by Crippen LogP contribution is -2.20. The summed E-state index contributed by atoms with van der Waals surface area (Å²) in [6.45, 7) is 8.22. The Balaban J connectivity index is 3.27. The molecule has 1 atom stereocenters. The van der Waals surface area contributed by atoms with E-state index in [9.17, 15) is 0 Å². The van der Waals surface area contributed by atoms with Gasteiger partial charge >= 0.3 is 0 Å². The Morgan fingerprint density at radius 3 is 2.23 bits per heavy atom. The van der Waals surface area contributed by atoms with Gasteiger partial charge in [-0.25, -0.2) is 0 Å². The summed E-state index contributed by atoms with van der Waals surface area (Å²) in [6.07, 6.45) is 2.57. The van der Waals surface area contributed by atoms with Gasteiger partial charge in [-0.05, 0) is 33.2 Å². The number of ether oxygens (including phenoxy) is 2. The van der Waals surface area contributed by atoms with Crippen LogP contribution in [0.3, 0.4) is 0 Å². The summed E-state index contributed by atoms with van der Waals surface area (Å²) in [6, 6.07) is 0. The second-order valence-corrected chi connectivity index (χ2v) is 3.40. The van der Waals surface area contributed by atoms with Crippen LogP contribution in [0.15, 0.2) is 0 Å². The van der Waals surface area contributed by atoms with Gasteiger partial charge < -0.3 is 15.2 Å². The Bertz CT molecular complexity index is 107. The zero-order chi connectivity index (χ0) is 10.1. The summed E-state index contributed by atoms with van der Waals surface area (Å²) < 4.78 is 10.9. The van der Waals surface area contributed by atoms with Crippen molar-refractivity contribution in [1.29, 1.82) is 0 Å². The van der Waals surface area contributed by atoms with Crippen molar-refractivity contribution in [3.05, 3.63) is 0 Å². The molecule has 0 heterocycles. The van der Waals surface area contributed by atoms with Gasteiger partial charge in [0.05, 0.1) is 25.4 Å². The van der Waals surface area contributed by atoms with E-state index in [4.69, 9.17) is 15.2 Å². The molecule has 0 aromatic carbocycles. The highest BCUT2D eigenvalue weighted by Crippen LogP contribution is 2.02. The molecule has 80 valence electrons. The maximum absolute atomic E-state index is 5.58. The van der Waals surface area contributed by atoms with Crippen molar-refractivity contribution in [3.63, 3.8) is 0 Å². The first-order valence-electron chi connectivity index (χ1n) is 5.14. The summed E-state index contributed by atoms with van der Waals surface area (Å²) in [4.78, 5) is 0. The maximum Gasteiger partial charge on any atom is 0.0704 e. The predicted octanol–water partition coefficient (Wildman–Crippen LogP) is 1.56. The lowest BCUT2D eigenvalue weighted by molar-refractivity contribution is -0.0153. The number of nitrogens with two attached hydrogens (primary N) is 1. The van der Waals surface area contributed by atoms with Gasteiger partial charge in [0.25, 0.3) is 0 Å². The normalized spacial score (nSPS) is 13.6. The van der Waals surface area contributed by atoms with E-state index in [1.807, 2.05) is 13.8 Å². The average molecular weight is 189 g/mol. The molecule has 2 N–H and O–H groups in total. The van der Waals surface area contributed by atoms with Gasteiger partial charge in [-0.1, -0.05) is 6.92 Å². The van der Waals surface area contributed by atoms with Crippen molar-refractivity contribution in [2.75, 3.05) is 19.8 Å². The highest BCUT2D eigenvalue weighted by atomic mass is 16.5. The minimum atomic E-state index is 0.290. The molecule has 0 saturated carbocycles. The van der Waals surface area contributed by atoms with Gasteiger partial charge in [0.2, 0.25) is 0 Å². The van der Waals surface area contributed by atoms with Crippen LogP contribution in [0.2, 0.25) is 0 Å². The Kier molecular flexibility index (Phi) is 8.40. The number of hydrogen-bond donors (Lipinski definition) is 1. The Morgan fingerprint density at radius 2 is 1.77 bits per heavy atom. The van der Waals surface area contributed by atoms with Gasteiger partial charge in [-0.2, -0.15) is 0 Å². The van der Waals surface area contributed by atoms with Crippen LogP contribution < -0.4 is 5.73 Å². The van der Waals surface area contributed by atoms with Gasteiger partial charge in [0.15, 0.2) is 0 Å². The van der Waals surface area contributed by atoms with E-state index in [-0.39, 0.29) is 6.10 Å². The fourth-order valence-electron chi connectivity index (χ4n) is 1.09. The molecular formula is C10H23NO2. The molecule has 0 aliphatic rings. The van der Waals surface area contributed by atoms with Crippen LogP contribution in [0.5, 0.6) is 0 Å². The van der Waals surface area contributed by atoms with Gasteiger partial charge in [-0.15, -0.1) is 0 Å². The van der Waals surface area contributed by atoms with E-state index in [0.29, 0.717) is 25.9 Å². The predicted molar refractivity (Wildman–Crippen MR) is 54.8 cm³/mol. The third-order valence-electron chi connectivity index (χ3n) is 1.83. The Labute approximate surface area is 81.6 Å². The van der Waals surface area contributed by atoms with Crippen molar-refractivity contribution in [1.82, 2.24) is 0 Å². The molecule has 0 saturated heterocycles. The Hall–Kier alpha value is -0.120. The van der Waals surface area contributed by atoms with E-state index in [1.165, 1.54) is 0 Å². The number of hydrogen-bond acceptors (Lipinski definition) is 3. The molecular weight excluding hydrogens is 166 g/mol. The summed E-state index contributed by atoms with van der Waals surface area (Å²) in [5.41, 5.74) is 5.45. The number of rotatable bonds is 8. The summed E-state index contributed by atoms with van der Waals surface area (Å²) in [5, 5.41) is 0. The van der Waals surface area contributed by atoms with Crippen LogP contribution in [0, 0.1) is 0 Å². The second kappa shape index (κ2) is 8.48. The van der Waals surface area contributed by atoms with Crippen LogP contribution in [0.1, 0.15) is 33.6 Å². The molecule has 0 rings (SSSR count). The summed E-state index contributed by atoms with van der Waals surface area (Å²) in [7, 11) is 0. The van der Waals surface area contributed by atoms with E-state index < -0.39 is 0 Å². The van der Waals surface area contributed by atoms with Gasteiger partial charge in [-0.3, -0.25) is 0 Å². The molecule has 0 fully saturated rings. The van der Waals surface area contributed by atoms with Crippen molar-refractivity contribution in [2.45, 2.75) is 45.8 Å². The van der Waals surface area contributed by atoms with Crippen molar-refractivity contribution >= 4 is 0 Å². The fraction of sp³-hybridized carbons (Fsp3) is 1.00. The first kappa shape index (κ1) is 12.9. The molecule has 0 radical (unpaired) electrons. The fourth-order valence-corrected chi connectivity index (χ4v) is 1.09. The topological polar surface area (TPSA) is 44.5 Å². The van der Waals surface area contributed by atoms with Crippen molar-refractivity contribution in [3.8, 4) is 0 Å². The highest BCUT2D eigenvalue weighted by Gasteiger charge is 2.04. The van der Waals surface area contributed by atoms with Crippen LogP contribution >= 0.6 is 0 Å². The van der Waals surface area contributed by atoms with Crippen molar-refractivity contribution in [2.24, 2.45) is 5.73 Å². The molecule has 0 bridgehead atoms. The van der Waals surface area contributed by atoms with E-state index in [2.05, 4.69) is 6.92 Å². The molecule has 3 heteroatoms. The standard InChI is InChI=1S/C10H23NO2/c1-4-10(5-6-11)13-8-7-12-9(2)3/h9-10H,4-8,11H2,1-3H3. The van der Waals surface area contributed by atoms with Crippen LogP contribution in [0.25, 0.3) is 0 Å².